The number of carbonyl (C=O) groups is 2. The first-order valence-electron chi connectivity index (χ1n) is 10.3. The molecule has 0 aromatic heterocycles. The fourth-order valence-corrected chi connectivity index (χ4v) is 4.25. The number of hydrogen-bond acceptors (Lipinski definition) is 3. The average Bonchev–Trinajstić information content (AvgIpc) is 2.45. The third kappa shape index (κ3) is 4.96. The number of carbonyl (C=O) groups excluding carboxylic acids is 2. The van der Waals surface area contributed by atoms with Crippen molar-refractivity contribution >= 4 is 11.8 Å². The zero-order valence-corrected chi connectivity index (χ0v) is 16.0. The van der Waals surface area contributed by atoms with Crippen molar-refractivity contribution in [2.75, 3.05) is 26.7 Å². The number of nitrogens with one attached hydrogen (secondary N) is 1. The number of rotatable bonds is 7. The van der Waals surface area contributed by atoms with Gasteiger partial charge in [0.25, 0.3) is 0 Å². The van der Waals surface area contributed by atoms with Crippen LogP contribution in [0.1, 0.15) is 64.7 Å². The lowest BCUT2D eigenvalue weighted by Crippen LogP contribution is -2.53. The van der Waals surface area contributed by atoms with E-state index in [2.05, 4.69) is 24.2 Å². The first kappa shape index (κ1) is 18.7. The van der Waals surface area contributed by atoms with Crippen LogP contribution in [0.3, 0.4) is 0 Å². The molecule has 3 rings (SSSR count). The first-order chi connectivity index (χ1) is 12.0. The van der Waals surface area contributed by atoms with Crippen LogP contribution in [0.4, 0.5) is 0 Å². The van der Waals surface area contributed by atoms with Crippen LogP contribution in [0.25, 0.3) is 0 Å². The Kier molecular flexibility index (Phi) is 6.37. The zero-order chi connectivity index (χ0) is 17.8. The van der Waals surface area contributed by atoms with Crippen molar-refractivity contribution in [2.45, 2.75) is 76.8 Å². The molecule has 2 unspecified atom stereocenters. The van der Waals surface area contributed by atoms with Gasteiger partial charge in [0.2, 0.25) is 11.8 Å². The summed E-state index contributed by atoms with van der Waals surface area (Å²) in [6, 6.07) is 0.830. The van der Waals surface area contributed by atoms with Crippen molar-refractivity contribution in [3.8, 4) is 0 Å². The van der Waals surface area contributed by atoms with Gasteiger partial charge in [0.1, 0.15) is 0 Å². The van der Waals surface area contributed by atoms with E-state index >= 15 is 0 Å². The Hall–Kier alpha value is -1.10. The van der Waals surface area contributed by atoms with E-state index in [0.717, 1.165) is 31.8 Å². The van der Waals surface area contributed by atoms with E-state index in [1.807, 2.05) is 4.90 Å². The second-order valence-electron chi connectivity index (χ2n) is 8.62. The van der Waals surface area contributed by atoms with Crippen molar-refractivity contribution < 1.29 is 9.59 Å². The topological polar surface area (TPSA) is 52.7 Å². The second kappa shape index (κ2) is 8.52. The molecule has 0 aromatic carbocycles. The third-order valence-corrected chi connectivity index (χ3v) is 6.69. The predicted molar refractivity (Wildman–Crippen MR) is 99.1 cm³/mol. The molecule has 1 aliphatic heterocycles. The van der Waals surface area contributed by atoms with Crippen LogP contribution in [0, 0.1) is 11.8 Å². The third-order valence-electron chi connectivity index (χ3n) is 6.69. The van der Waals surface area contributed by atoms with Gasteiger partial charge in [0.15, 0.2) is 0 Å². The molecular weight excluding hydrogens is 314 g/mol. The maximum absolute atomic E-state index is 12.5. The number of hydrogen-bond donors (Lipinski definition) is 1. The van der Waals surface area contributed by atoms with Gasteiger partial charge in [-0.25, -0.2) is 0 Å². The molecule has 1 N–H and O–H groups in total. The summed E-state index contributed by atoms with van der Waals surface area (Å²) in [5.41, 5.74) is 0. The normalized spacial score (nSPS) is 27.7. The van der Waals surface area contributed by atoms with Gasteiger partial charge < -0.3 is 10.2 Å². The molecule has 5 nitrogen and oxygen atoms in total. The highest BCUT2D eigenvalue weighted by molar-refractivity contribution is 5.79. The Morgan fingerprint density at radius 2 is 1.84 bits per heavy atom. The minimum Gasteiger partial charge on any atom is -0.353 e. The summed E-state index contributed by atoms with van der Waals surface area (Å²) >= 11 is 0. The standard InChI is InChI=1S/C20H35N3O2/c1-15-13-23(20(25)14-22(2)17-7-4-8-17)12-11-18(15)21-19(24)10-9-16-5-3-6-16/h15-18H,3-14H2,1-2H3,(H,21,24). The maximum Gasteiger partial charge on any atom is 0.236 e. The number of piperidine rings is 1. The largest absolute Gasteiger partial charge is 0.353 e. The summed E-state index contributed by atoms with van der Waals surface area (Å²) in [6.07, 6.45) is 10.3. The van der Waals surface area contributed by atoms with Crippen molar-refractivity contribution in [1.82, 2.24) is 15.1 Å². The molecule has 2 amide bonds. The van der Waals surface area contributed by atoms with Crippen LogP contribution in [0.5, 0.6) is 0 Å². The second-order valence-corrected chi connectivity index (χ2v) is 8.62. The van der Waals surface area contributed by atoms with Crippen LogP contribution in [0.15, 0.2) is 0 Å². The summed E-state index contributed by atoms with van der Waals surface area (Å²) in [6.45, 7) is 4.24. The van der Waals surface area contributed by atoms with Crippen LogP contribution in [0.2, 0.25) is 0 Å². The Labute approximate surface area is 152 Å². The molecule has 0 spiro atoms. The summed E-state index contributed by atoms with van der Waals surface area (Å²) in [5, 5.41) is 3.22. The average molecular weight is 350 g/mol. The van der Waals surface area contributed by atoms with Crippen molar-refractivity contribution in [3.63, 3.8) is 0 Å². The van der Waals surface area contributed by atoms with E-state index in [-0.39, 0.29) is 17.9 Å². The smallest absolute Gasteiger partial charge is 0.236 e. The fraction of sp³-hybridized carbons (Fsp3) is 0.900. The monoisotopic (exact) mass is 349 g/mol. The molecule has 0 aromatic rings. The van der Waals surface area contributed by atoms with Crippen molar-refractivity contribution in [2.24, 2.45) is 11.8 Å². The van der Waals surface area contributed by atoms with E-state index in [0.29, 0.717) is 24.9 Å². The predicted octanol–water partition coefficient (Wildman–Crippen LogP) is 2.40. The highest BCUT2D eigenvalue weighted by Crippen LogP contribution is 2.30. The SMILES string of the molecule is CC1CN(C(=O)CN(C)C2CCC2)CCC1NC(=O)CCC1CCC1. The minimum atomic E-state index is 0.202. The lowest BCUT2D eigenvalue weighted by molar-refractivity contribution is -0.135. The molecule has 3 fully saturated rings. The Morgan fingerprint density at radius 3 is 2.40 bits per heavy atom. The molecule has 5 heteroatoms. The summed E-state index contributed by atoms with van der Waals surface area (Å²) in [4.78, 5) is 28.9. The van der Waals surface area contributed by atoms with Crippen LogP contribution in [-0.2, 0) is 9.59 Å². The molecule has 142 valence electrons. The van der Waals surface area contributed by atoms with Crippen LogP contribution < -0.4 is 5.32 Å². The zero-order valence-electron chi connectivity index (χ0n) is 16.0. The molecule has 0 bridgehead atoms. The fourth-order valence-electron chi connectivity index (χ4n) is 4.25. The molecule has 3 aliphatic rings. The number of nitrogens with zero attached hydrogens (tertiary/aromatic N) is 2. The summed E-state index contributed by atoms with van der Waals surface area (Å²) in [5.74, 6) is 1.57. The van der Waals surface area contributed by atoms with Gasteiger partial charge in [-0.1, -0.05) is 32.6 Å². The van der Waals surface area contributed by atoms with Gasteiger partial charge >= 0.3 is 0 Å². The van der Waals surface area contributed by atoms with Gasteiger partial charge in [0, 0.05) is 31.6 Å². The van der Waals surface area contributed by atoms with E-state index in [1.54, 1.807) is 0 Å². The Balaban J connectivity index is 1.37. The Bertz CT molecular complexity index is 474. The molecule has 1 saturated heterocycles. The molecule has 2 aliphatic carbocycles. The molecular formula is C20H35N3O2. The van der Waals surface area contributed by atoms with Gasteiger partial charge in [-0.2, -0.15) is 0 Å². The van der Waals surface area contributed by atoms with Crippen molar-refractivity contribution in [1.29, 1.82) is 0 Å². The van der Waals surface area contributed by atoms with E-state index in [4.69, 9.17) is 0 Å². The lowest BCUT2D eigenvalue weighted by atomic mass is 9.82. The van der Waals surface area contributed by atoms with E-state index < -0.39 is 0 Å². The maximum atomic E-state index is 12.5. The van der Waals surface area contributed by atoms with Crippen LogP contribution >= 0.6 is 0 Å². The highest BCUT2D eigenvalue weighted by Gasteiger charge is 2.31. The summed E-state index contributed by atoms with van der Waals surface area (Å²) in [7, 11) is 2.07. The van der Waals surface area contributed by atoms with Crippen molar-refractivity contribution in [3.05, 3.63) is 0 Å². The number of likely N-dealkylation sites (tertiary alicyclic amines) is 1. The lowest BCUT2D eigenvalue weighted by Gasteiger charge is -2.39. The van der Waals surface area contributed by atoms with Gasteiger partial charge in [0.05, 0.1) is 6.54 Å². The number of likely N-dealkylation sites (N-methyl/N-ethyl adjacent to an activating group) is 1. The van der Waals surface area contributed by atoms with Gasteiger partial charge in [-0.15, -0.1) is 0 Å². The van der Waals surface area contributed by atoms with Crippen LogP contribution in [-0.4, -0.2) is 60.4 Å². The molecule has 1 heterocycles. The molecule has 2 saturated carbocycles. The van der Waals surface area contributed by atoms with E-state index in [1.165, 1.54) is 38.5 Å². The molecule has 0 radical (unpaired) electrons. The molecule has 25 heavy (non-hydrogen) atoms. The first-order valence-corrected chi connectivity index (χ1v) is 10.3. The Morgan fingerprint density at radius 1 is 1.12 bits per heavy atom. The molecule has 2 atom stereocenters. The summed E-state index contributed by atoms with van der Waals surface area (Å²) < 4.78 is 0. The van der Waals surface area contributed by atoms with Gasteiger partial charge in [-0.05, 0) is 44.6 Å². The quantitative estimate of drug-likeness (QED) is 0.768. The van der Waals surface area contributed by atoms with E-state index in [9.17, 15) is 9.59 Å². The van der Waals surface area contributed by atoms with Gasteiger partial charge in [-0.3, -0.25) is 14.5 Å². The minimum absolute atomic E-state index is 0.202. The highest BCUT2D eigenvalue weighted by atomic mass is 16.2. The number of amides is 2.